The number of amides is 2. The lowest BCUT2D eigenvalue weighted by Gasteiger charge is -2.36. The molecule has 2 aromatic rings. The number of carbonyl (C=O) groups is 4. The second-order valence-electron chi connectivity index (χ2n) is 7.45. The van der Waals surface area contributed by atoms with Gasteiger partial charge in [0.1, 0.15) is 0 Å². The number of allylic oxidation sites excluding steroid dienone is 1. The topological polar surface area (TPSA) is 120 Å². The number of carbonyl (C=O) groups excluding carboxylic acids is 4. The molecule has 0 bridgehead atoms. The quantitative estimate of drug-likeness (QED) is 0.470. The third-order valence-electron chi connectivity index (χ3n) is 5.29. The Morgan fingerprint density at radius 1 is 1.06 bits per heavy atom. The maximum atomic E-state index is 13.3. The van der Waals surface area contributed by atoms with Gasteiger partial charge in [-0.3, -0.25) is 9.69 Å². The molecule has 2 amide bonds. The smallest absolute Gasteiger partial charge is 0.338 e. The number of urea groups is 1. The molecular weight excluding hydrogens is 456 g/mol. The summed E-state index contributed by atoms with van der Waals surface area (Å²) in [5.41, 5.74) is 1.30. The normalized spacial score (nSPS) is 15.3. The van der Waals surface area contributed by atoms with Crippen LogP contribution in [-0.4, -0.2) is 44.8 Å². The number of nitrogens with zero attached hydrogens (tertiary/aromatic N) is 1. The Morgan fingerprint density at radius 3 is 2.40 bits per heavy atom. The van der Waals surface area contributed by atoms with Gasteiger partial charge in [0.05, 0.1) is 43.7 Å². The molecule has 1 atom stereocenters. The molecule has 10 heteroatoms. The van der Waals surface area contributed by atoms with Crippen molar-refractivity contribution in [3.8, 4) is 11.5 Å². The number of ether oxygens (including phenoxy) is 4. The van der Waals surface area contributed by atoms with E-state index in [0.717, 1.165) is 0 Å². The molecular formula is C25H26N2O8. The van der Waals surface area contributed by atoms with Gasteiger partial charge < -0.3 is 24.3 Å². The van der Waals surface area contributed by atoms with Gasteiger partial charge in [-0.1, -0.05) is 18.2 Å². The van der Waals surface area contributed by atoms with E-state index < -0.39 is 30.0 Å². The third kappa shape index (κ3) is 5.11. The molecule has 0 saturated carbocycles. The second kappa shape index (κ2) is 10.7. The molecule has 1 unspecified atom stereocenters. The van der Waals surface area contributed by atoms with E-state index in [1.54, 1.807) is 50.2 Å². The van der Waals surface area contributed by atoms with Gasteiger partial charge in [-0.05, 0) is 38.1 Å². The first-order valence-electron chi connectivity index (χ1n) is 10.8. The van der Waals surface area contributed by atoms with Gasteiger partial charge in [-0.2, -0.15) is 0 Å². The summed E-state index contributed by atoms with van der Waals surface area (Å²) in [7, 11) is 2.67. The summed E-state index contributed by atoms with van der Waals surface area (Å²) >= 11 is 0. The molecule has 1 heterocycles. The van der Waals surface area contributed by atoms with Crippen LogP contribution >= 0.6 is 0 Å². The zero-order chi connectivity index (χ0) is 25.7. The van der Waals surface area contributed by atoms with Gasteiger partial charge in [-0.25, -0.2) is 14.4 Å². The molecule has 0 radical (unpaired) electrons. The molecule has 35 heavy (non-hydrogen) atoms. The molecule has 0 saturated heterocycles. The number of hydrogen-bond acceptors (Lipinski definition) is 8. The highest BCUT2D eigenvalue weighted by molar-refractivity contribution is 6.04. The van der Waals surface area contributed by atoms with Crippen LogP contribution in [0.25, 0.3) is 0 Å². The highest BCUT2D eigenvalue weighted by Crippen LogP contribution is 2.41. The second-order valence-corrected chi connectivity index (χ2v) is 7.45. The fourth-order valence-corrected chi connectivity index (χ4v) is 3.82. The van der Waals surface area contributed by atoms with Crippen molar-refractivity contribution in [3.63, 3.8) is 0 Å². The van der Waals surface area contributed by atoms with Gasteiger partial charge in [-0.15, -0.1) is 0 Å². The molecule has 0 aliphatic carbocycles. The summed E-state index contributed by atoms with van der Waals surface area (Å²) in [6.45, 7) is 4.59. The van der Waals surface area contributed by atoms with Crippen LogP contribution in [0.3, 0.4) is 0 Å². The van der Waals surface area contributed by atoms with Crippen molar-refractivity contribution in [2.24, 2.45) is 0 Å². The Morgan fingerprint density at radius 2 is 1.77 bits per heavy atom. The number of rotatable bonds is 7. The first-order chi connectivity index (χ1) is 16.7. The molecule has 184 valence electrons. The molecule has 0 aromatic heterocycles. The average molecular weight is 482 g/mol. The van der Waals surface area contributed by atoms with E-state index in [-0.39, 0.29) is 34.9 Å². The SMILES string of the molecule is CCOC(=O)C1=C(C)N(c2cccc(C(=O)OC)c2)C(=O)NC1c1cccc(OC)c1OC(C)=O. The number of nitrogens with one attached hydrogen (secondary N) is 1. The van der Waals surface area contributed by atoms with E-state index in [2.05, 4.69) is 5.32 Å². The molecule has 1 aliphatic rings. The zero-order valence-corrected chi connectivity index (χ0v) is 20.0. The van der Waals surface area contributed by atoms with Crippen LogP contribution in [0.2, 0.25) is 0 Å². The fourth-order valence-electron chi connectivity index (χ4n) is 3.82. The van der Waals surface area contributed by atoms with E-state index in [0.29, 0.717) is 11.3 Å². The van der Waals surface area contributed by atoms with Crippen molar-refractivity contribution in [2.75, 3.05) is 25.7 Å². The molecule has 2 aromatic carbocycles. The maximum absolute atomic E-state index is 13.3. The Bertz CT molecular complexity index is 1200. The van der Waals surface area contributed by atoms with Crippen LogP contribution in [0.15, 0.2) is 53.7 Å². The fraction of sp³-hybridized carbons (Fsp3) is 0.280. The molecule has 1 aliphatic heterocycles. The summed E-state index contributed by atoms with van der Waals surface area (Å²) in [5.74, 6) is -1.51. The minimum absolute atomic E-state index is 0.0727. The Hall–Kier alpha value is -4.34. The van der Waals surface area contributed by atoms with E-state index >= 15 is 0 Å². The van der Waals surface area contributed by atoms with Gasteiger partial charge in [0, 0.05) is 18.2 Å². The molecule has 1 N–H and O–H groups in total. The van der Waals surface area contributed by atoms with Crippen LogP contribution in [0.5, 0.6) is 11.5 Å². The first kappa shape index (κ1) is 25.3. The number of para-hydroxylation sites is 1. The molecule has 10 nitrogen and oxygen atoms in total. The summed E-state index contributed by atoms with van der Waals surface area (Å²) < 4.78 is 20.8. The summed E-state index contributed by atoms with van der Waals surface area (Å²) in [6, 6.07) is 9.53. The monoisotopic (exact) mass is 482 g/mol. The van der Waals surface area contributed by atoms with Crippen molar-refractivity contribution in [1.29, 1.82) is 0 Å². The lowest BCUT2D eigenvalue weighted by atomic mass is 9.93. The highest BCUT2D eigenvalue weighted by atomic mass is 16.6. The maximum Gasteiger partial charge on any atom is 0.338 e. The number of anilines is 1. The number of benzene rings is 2. The van der Waals surface area contributed by atoms with Crippen LogP contribution < -0.4 is 19.7 Å². The largest absolute Gasteiger partial charge is 0.493 e. The van der Waals surface area contributed by atoms with E-state index in [1.165, 1.54) is 32.1 Å². The van der Waals surface area contributed by atoms with Gasteiger partial charge >= 0.3 is 23.9 Å². The Labute approximate surface area is 202 Å². The minimum Gasteiger partial charge on any atom is -0.493 e. The Balaban J connectivity index is 2.21. The number of hydrogen-bond donors (Lipinski definition) is 1. The van der Waals surface area contributed by atoms with Gasteiger partial charge in [0.25, 0.3) is 0 Å². The summed E-state index contributed by atoms with van der Waals surface area (Å²) in [4.78, 5) is 51.5. The minimum atomic E-state index is -1.01. The highest BCUT2D eigenvalue weighted by Gasteiger charge is 2.39. The molecule has 0 fully saturated rings. The first-order valence-corrected chi connectivity index (χ1v) is 10.8. The standard InChI is InChI=1S/C25H26N2O8/c1-6-34-24(30)20-14(2)27(17-10-7-9-16(13-17)23(29)33-5)25(31)26-21(20)18-11-8-12-19(32-4)22(18)35-15(3)28/h7-13,21H,6H2,1-5H3,(H,26,31). The van der Waals surface area contributed by atoms with E-state index in [1.807, 2.05) is 0 Å². The predicted octanol–water partition coefficient (Wildman–Crippen LogP) is 3.52. The number of methoxy groups -OCH3 is 2. The Kier molecular flexibility index (Phi) is 7.75. The molecule has 0 spiro atoms. The van der Waals surface area contributed by atoms with E-state index in [4.69, 9.17) is 18.9 Å². The van der Waals surface area contributed by atoms with Crippen molar-refractivity contribution >= 4 is 29.6 Å². The average Bonchev–Trinajstić information content (AvgIpc) is 2.83. The van der Waals surface area contributed by atoms with Crippen molar-refractivity contribution < 1.29 is 38.1 Å². The van der Waals surface area contributed by atoms with Crippen LogP contribution in [0.1, 0.15) is 42.7 Å². The molecule has 3 rings (SSSR count). The third-order valence-corrected chi connectivity index (χ3v) is 5.29. The predicted molar refractivity (Wildman–Crippen MR) is 125 cm³/mol. The number of esters is 3. The van der Waals surface area contributed by atoms with Crippen LogP contribution in [0.4, 0.5) is 10.5 Å². The zero-order valence-electron chi connectivity index (χ0n) is 20.0. The van der Waals surface area contributed by atoms with Gasteiger partial charge in [0.2, 0.25) is 0 Å². The van der Waals surface area contributed by atoms with Crippen LogP contribution in [0, 0.1) is 0 Å². The lowest BCUT2D eigenvalue weighted by Crippen LogP contribution is -2.48. The van der Waals surface area contributed by atoms with Gasteiger partial charge in [0.15, 0.2) is 11.5 Å². The lowest BCUT2D eigenvalue weighted by molar-refractivity contribution is -0.139. The van der Waals surface area contributed by atoms with E-state index in [9.17, 15) is 19.2 Å². The van der Waals surface area contributed by atoms with Crippen molar-refractivity contribution in [2.45, 2.75) is 26.8 Å². The van der Waals surface area contributed by atoms with Crippen LogP contribution in [-0.2, 0) is 19.1 Å². The summed E-state index contributed by atoms with van der Waals surface area (Å²) in [5, 5.41) is 2.79. The summed E-state index contributed by atoms with van der Waals surface area (Å²) in [6.07, 6.45) is 0. The van der Waals surface area contributed by atoms with Crippen molar-refractivity contribution in [1.82, 2.24) is 5.32 Å². The van der Waals surface area contributed by atoms with Crippen molar-refractivity contribution in [3.05, 3.63) is 64.9 Å².